The summed E-state index contributed by atoms with van der Waals surface area (Å²) >= 11 is 14.6. The largest absolute Gasteiger partial charge is 0.493 e. The van der Waals surface area contributed by atoms with Crippen LogP contribution < -0.4 is 9.03 Å². The quantitative estimate of drug-likeness (QED) is 0.149. The minimum absolute atomic E-state index is 0.313. The number of aliphatic hydroxyl groups excluding tert-OH is 1. The highest BCUT2D eigenvalue weighted by molar-refractivity contribution is 7.99. The van der Waals surface area contributed by atoms with Gasteiger partial charge in [0.15, 0.2) is 0 Å². The van der Waals surface area contributed by atoms with E-state index < -0.39 is 16.1 Å². The fourth-order valence-corrected chi connectivity index (χ4v) is 8.10. The summed E-state index contributed by atoms with van der Waals surface area (Å²) in [5.41, 5.74) is 6.09. The Morgan fingerprint density at radius 1 is 0.894 bits per heavy atom. The molecule has 11 heteroatoms. The van der Waals surface area contributed by atoms with Crippen molar-refractivity contribution < 1.29 is 13.5 Å². The van der Waals surface area contributed by atoms with Gasteiger partial charge in [0.2, 0.25) is 5.88 Å². The molecule has 4 aromatic carbocycles. The highest BCUT2D eigenvalue weighted by Crippen LogP contribution is 2.33. The van der Waals surface area contributed by atoms with Crippen LogP contribution in [0.4, 0.5) is 5.69 Å². The minimum atomic E-state index is -3.95. The van der Waals surface area contributed by atoms with Gasteiger partial charge in [-0.25, -0.2) is 14.0 Å². The number of hydrogen-bond donors (Lipinski definition) is 2. The molecule has 0 bridgehead atoms. The van der Waals surface area contributed by atoms with Gasteiger partial charge in [-0.15, -0.1) is 11.8 Å². The molecule has 2 heterocycles. The standard InChI is InChI=1S/C36H34Cl2N4O3S2/c1-36(2,3)16-17-46-30-9-4-6-26(19-30)25-12-10-24(11-13-25)18-34-39-33(31-15-14-27(37)20-32(31)38)22-41(34)28-7-5-8-29(21-28)42-23-35(43)40-47(42,44)45/h4-15,19-23,40,43H,16-18H2,1-3H3. The summed E-state index contributed by atoms with van der Waals surface area (Å²) in [6.45, 7) is 6.81. The first-order valence-corrected chi connectivity index (χ1v) is 18.2. The van der Waals surface area contributed by atoms with E-state index in [1.807, 2.05) is 34.7 Å². The van der Waals surface area contributed by atoms with Crippen LogP contribution in [0.5, 0.6) is 0 Å². The van der Waals surface area contributed by atoms with Crippen molar-refractivity contribution in [3.05, 3.63) is 131 Å². The van der Waals surface area contributed by atoms with Crippen molar-refractivity contribution in [1.29, 1.82) is 0 Å². The summed E-state index contributed by atoms with van der Waals surface area (Å²) in [6, 6.07) is 29.4. The van der Waals surface area contributed by atoms with Gasteiger partial charge < -0.3 is 9.67 Å². The lowest BCUT2D eigenvalue weighted by Crippen LogP contribution is -2.29. The van der Waals surface area contributed by atoms with E-state index in [-0.39, 0.29) is 0 Å². The van der Waals surface area contributed by atoms with Crippen LogP contribution in [0.2, 0.25) is 10.0 Å². The number of aliphatic hydroxyl groups is 1. The molecule has 1 aliphatic heterocycles. The van der Waals surface area contributed by atoms with Crippen molar-refractivity contribution in [2.24, 2.45) is 5.41 Å². The third-order valence-electron chi connectivity index (χ3n) is 7.68. The second-order valence-corrected chi connectivity index (χ2v) is 16.1. The summed E-state index contributed by atoms with van der Waals surface area (Å²) in [5, 5.41) is 10.8. The summed E-state index contributed by atoms with van der Waals surface area (Å²) in [5.74, 6) is 1.36. The van der Waals surface area contributed by atoms with Gasteiger partial charge in [0.1, 0.15) is 5.82 Å². The van der Waals surface area contributed by atoms with Crippen molar-refractivity contribution in [3.63, 3.8) is 0 Å². The number of thioether (sulfide) groups is 1. The van der Waals surface area contributed by atoms with Crippen molar-refractivity contribution in [2.75, 3.05) is 10.1 Å². The highest BCUT2D eigenvalue weighted by Gasteiger charge is 2.29. The van der Waals surface area contributed by atoms with Crippen LogP contribution in [-0.4, -0.2) is 28.8 Å². The Morgan fingerprint density at radius 3 is 2.34 bits per heavy atom. The van der Waals surface area contributed by atoms with E-state index in [0.717, 1.165) is 45.2 Å². The Morgan fingerprint density at radius 2 is 1.64 bits per heavy atom. The number of benzene rings is 4. The summed E-state index contributed by atoms with van der Waals surface area (Å²) in [6.07, 6.45) is 4.66. The molecule has 0 radical (unpaired) electrons. The molecule has 2 N–H and O–H groups in total. The van der Waals surface area contributed by atoms with E-state index in [1.54, 1.807) is 30.3 Å². The molecular formula is C36H34Cl2N4O3S2. The number of imidazole rings is 1. The molecule has 1 aromatic heterocycles. The minimum Gasteiger partial charge on any atom is -0.493 e. The van der Waals surface area contributed by atoms with Gasteiger partial charge in [-0.05, 0) is 82.8 Å². The third kappa shape index (κ3) is 7.81. The molecule has 0 saturated carbocycles. The van der Waals surface area contributed by atoms with Gasteiger partial charge in [-0.2, -0.15) is 8.42 Å². The van der Waals surface area contributed by atoms with Crippen LogP contribution in [0.25, 0.3) is 28.1 Å². The highest BCUT2D eigenvalue weighted by atomic mass is 35.5. The lowest BCUT2D eigenvalue weighted by molar-refractivity contribution is 0.392. The monoisotopic (exact) mass is 704 g/mol. The molecule has 5 aromatic rings. The number of nitrogens with one attached hydrogen (secondary N) is 1. The van der Waals surface area contributed by atoms with E-state index in [9.17, 15) is 13.5 Å². The van der Waals surface area contributed by atoms with E-state index in [2.05, 4.69) is 74.0 Å². The van der Waals surface area contributed by atoms with Crippen molar-refractivity contribution in [2.45, 2.75) is 38.5 Å². The molecule has 1 aliphatic rings. The van der Waals surface area contributed by atoms with Crippen LogP contribution in [-0.2, 0) is 16.6 Å². The molecule has 47 heavy (non-hydrogen) atoms. The number of halogens is 2. The fraction of sp³-hybridized carbons (Fsp3) is 0.194. The maximum Gasteiger partial charge on any atom is 0.330 e. The van der Waals surface area contributed by atoms with Crippen LogP contribution in [0, 0.1) is 5.41 Å². The zero-order valence-electron chi connectivity index (χ0n) is 26.1. The lowest BCUT2D eigenvalue weighted by atomic mass is 9.94. The molecule has 0 saturated heterocycles. The van der Waals surface area contributed by atoms with Gasteiger partial charge in [-0.1, -0.05) is 86.4 Å². The zero-order chi connectivity index (χ0) is 33.3. The average Bonchev–Trinajstić information content (AvgIpc) is 3.55. The van der Waals surface area contributed by atoms with Crippen molar-refractivity contribution in [1.82, 2.24) is 14.3 Å². The molecule has 6 rings (SSSR count). The first kappa shape index (κ1) is 33.0. The molecule has 7 nitrogen and oxygen atoms in total. The summed E-state index contributed by atoms with van der Waals surface area (Å²) in [4.78, 5) is 6.25. The molecule has 0 aliphatic carbocycles. The van der Waals surface area contributed by atoms with E-state index in [4.69, 9.17) is 28.2 Å². The molecule has 0 fully saturated rings. The second-order valence-electron chi connectivity index (χ2n) is 12.5. The lowest BCUT2D eigenvalue weighted by Gasteiger charge is -2.17. The first-order chi connectivity index (χ1) is 22.3. The van der Waals surface area contributed by atoms with Crippen LogP contribution in [0.3, 0.4) is 0 Å². The normalized spacial score (nSPS) is 14.2. The number of nitrogens with zero attached hydrogens (tertiary/aromatic N) is 3. The van der Waals surface area contributed by atoms with E-state index in [1.165, 1.54) is 10.5 Å². The van der Waals surface area contributed by atoms with Gasteiger partial charge in [0, 0.05) is 33.8 Å². The maximum absolute atomic E-state index is 12.6. The molecular weight excluding hydrogens is 671 g/mol. The molecule has 0 unspecified atom stereocenters. The molecule has 0 amide bonds. The summed E-state index contributed by atoms with van der Waals surface area (Å²) in [7, 11) is -3.95. The molecule has 0 spiro atoms. The van der Waals surface area contributed by atoms with Gasteiger partial charge in [-0.3, -0.25) is 0 Å². The van der Waals surface area contributed by atoms with Crippen LogP contribution in [0.1, 0.15) is 38.6 Å². The Labute approximate surface area is 290 Å². The van der Waals surface area contributed by atoms with E-state index >= 15 is 0 Å². The molecule has 0 atom stereocenters. The predicted molar refractivity (Wildman–Crippen MR) is 194 cm³/mol. The van der Waals surface area contributed by atoms with Crippen molar-refractivity contribution >= 4 is 50.9 Å². The number of aromatic nitrogens is 2. The topological polar surface area (TPSA) is 87.5 Å². The van der Waals surface area contributed by atoms with Gasteiger partial charge in [0.25, 0.3) is 0 Å². The van der Waals surface area contributed by atoms with Crippen LogP contribution in [0.15, 0.2) is 114 Å². The third-order valence-corrected chi connectivity index (χ3v) is 10.5. The van der Waals surface area contributed by atoms with E-state index in [0.29, 0.717) is 38.9 Å². The number of rotatable bonds is 9. The Kier molecular flexibility index (Phi) is 9.36. The average molecular weight is 706 g/mol. The van der Waals surface area contributed by atoms with Crippen LogP contribution >= 0.6 is 35.0 Å². The Balaban J connectivity index is 1.31. The Hall–Kier alpha value is -3.89. The van der Waals surface area contributed by atoms with Gasteiger partial charge in [0.05, 0.1) is 22.6 Å². The second kappa shape index (κ2) is 13.3. The maximum atomic E-state index is 12.6. The van der Waals surface area contributed by atoms with Crippen molar-refractivity contribution in [3.8, 4) is 28.1 Å². The number of hydrogen-bond acceptors (Lipinski definition) is 5. The predicted octanol–water partition coefficient (Wildman–Crippen LogP) is 9.64. The van der Waals surface area contributed by atoms with Gasteiger partial charge >= 0.3 is 10.2 Å². The smallest absolute Gasteiger partial charge is 0.330 e. The molecule has 242 valence electrons. The Bertz CT molecular complexity index is 2070. The number of anilines is 1. The SMILES string of the molecule is CC(C)(C)CCSc1cccc(-c2ccc(Cc3nc(-c4ccc(Cl)cc4Cl)cn3-c3cccc(N4C=C(O)NS4(=O)=O)c3)cc2)c1. The summed E-state index contributed by atoms with van der Waals surface area (Å²) < 4.78 is 30.1. The fourth-order valence-electron chi connectivity index (χ4n) is 5.21. The zero-order valence-corrected chi connectivity index (χ0v) is 29.3. The first-order valence-electron chi connectivity index (χ1n) is 15.0.